The van der Waals surface area contributed by atoms with Crippen LogP contribution in [0.2, 0.25) is 0 Å². The number of nitrogens with one attached hydrogen (secondary N) is 1. The number of piperazine rings is 1. The third kappa shape index (κ3) is 5.57. The largest absolute Gasteiger partial charge is 0.495 e. The van der Waals surface area contributed by atoms with Crippen molar-refractivity contribution in [1.82, 2.24) is 10.2 Å². The molecule has 1 N–H and O–H groups in total. The molecular formula is C23H31N3O4. The number of carbonyl (C=O) groups is 1. The number of nitrogens with zero attached hydrogens (tertiary/aromatic N) is 2. The predicted molar refractivity (Wildman–Crippen MR) is 118 cm³/mol. The molecule has 1 aliphatic heterocycles. The summed E-state index contributed by atoms with van der Waals surface area (Å²) in [5, 5.41) is 3.02. The number of benzene rings is 2. The minimum absolute atomic E-state index is 0.00915. The van der Waals surface area contributed by atoms with Gasteiger partial charge in [0.25, 0.3) is 0 Å². The monoisotopic (exact) mass is 413 g/mol. The average molecular weight is 414 g/mol. The fourth-order valence-corrected chi connectivity index (χ4v) is 3.70. The number of hydrogen-bond acceptors (Lipinski definition) is 6. The lowest BCUT2D eigenvalue weighted by atomic mass is 10.1. The normalized spacial score (nSPS) is 14.3. The van der Waals surface area contributed by atoms with E-state index in [2.05, 4.69) is 21.2 Å². The minimum Gasteiger partial charge on any atom is -0.495 e. The standard InChI is InChI=1S/C23H31N3O4/c1-28-20-7-5-4-6-19(20)26-14-12-25(13-15-26)11-10-24-23(27)17-18-8-9-21(29-2)22(16-18)30-3/h4-9,16H,10-15,17H2,1-3H3,(H,24,27). The molecule has 0 aliphatic carbocycles. The summed E-state index contributed by atoms with van der Waals surface area (Å²) in [5.74, 6) is 2.22. The Kier molecular flexibility index (Phi) is 7.79. The predicted octanol–water partition coefficient (Wildman–Crippen LogP) is 2.19. The molecule has 2 aromatic rings. The molecule has 162 valence electrons. The van der Waals surface area contributed by atoms with Crippen LogP contribution in [0.15, 0.2) is 42.5 Å². The first kappa shape index (κ1) is 21.8. The van der Waals surface area contributed by atoms with Gasteiger partial charge in [-0.05, 0) is 29.8 Å². The second-order valence-electron chi connectivity index (χ2n) is 7.22. The summed E-state index contributed by atoms with van der Waals surface area (Å²) >= 11 is 0. The Morgan fingerprint density at radius 3 is 2.30 bits per heavy atom. The number of hydrogen-bond donors (Lipinski definition) is 1. The number of amides is 1. The van der Waals surface area contributed by atoms with Crippen molar-refractivity contribution >= 4 is 11.6 Å². The van der Waals surface area contributed by atoms with Gasteiger partial charge in [-0.3, -0.25) is 9.69 Å². The van der Waals surface area contributed by atoms with Gasteiger partial charge in [0.2, 0.25) is 5.91 Å². The first-order chi connectivity index (χ1) is 14.6. The average Bonchev–Trinajstić information content (AvgIpc) is 2.79. The van der Waals surface area contributed by atoms with E-state index < -0.39 is 0 Å². The summed E-state index contributed by atoms with van der Waals surface area (Å²) in [6, 6.07) is 13.7. The van der Waals surface area contributed by atoms with Crippen LogP contribution in [0.25, 0.3) is 0 Å². The van der Waals surface area contributed by atoms with Crippen LogP contribution in [0.4, 0.5) is 5.69 Å². The lowest BCUT2D eigenvalue weighted by molar-refractivity contribution is -0.120. The van der Waals surface area contributed by atoms with Crippen LogP contribution < -0.4 is 24.4 Å². The Bertz CT molecular complexity index is 835. The van der Waals surface area contributed by atoms with E-state index in [0.29, 0.717) is 24.5 Å². The molecule has 1 saturated heterocycles. The zero-order valence-corrected chi connectivity index (χ0v) is 18.0. The van der Waals surface area contributed by atoms with Gasteiger partial charge in [-0.1, -0.05) is 18.2 Å². The molecule has 2 aromatic carbocycles. The van der Waals surface area contributed by atoms with Crippen LogP contribution in [-0.4, -0.2) is 71.4 Å². The second kappa shape index (κ2) is 10.7. The van der Waals surface area contributed by atoms with E-state index in [1.54, 1.807) is 21.3 Å². The molecule has 0 radical (unpaired) electrons. The quantitative estimate of drug-likeness (QED) is 0.680. The Morgan fingerprint density at radius 2 is 1.60 bits per heavy atom. The summed E-state index contributed by atoms with van der Waals surface area (Å²) < 4.78 is 16.0. The highest BCUT2D eigenvalue weighted by Gasteiger charge is 2.19. The van der Waals surface area contributed by atoms with Crippen molar-refractivity contribution in [2.24, 2.45) is 0 Å². The highest BCUT2D eigenvalue weighted by Crippen LogP contribution is 2.29. The maximum atomic E-state index is 12.3. The zero-order valence-electron chi connectivity index (χ0n) is 18.0. The molecule has 1 amide bonds. The van der Waals surface area contributed by atoms with Crippen LogP contribution in [0, 0.1) is 0 Å². The summed E-state index contributed by atoms with van der Waals surface area (Å²) in [7, 11) is 4.90. The molecule has 0 aromatic heterocycles. The summed E-state index contributed by atoms with van der Waals surface area (Å²) in [6.45, 7) is 5.30. The van der Waals surface area contributed by atoms with Crippen molar-refractivity contribution in [3.63, 3.8) is 0 Å². The lowest BCUT2D eigenvalue weighted by Gasteiger charge is -2.36. The van der Waals surface area contributed by atoms with Gasteiger partial charge in [-0.15, -0.1) is 0 Å². The van der Waals surface area contributed by atoms with Crippen LogP contribution in [-0.2, 0) is 11.2 Å². The van der Waals surface area contributed by atoms with Crippen LogP contribution >= 0.6 is 0 Å². The molecule has 3 rings (SSSR count). The third-order valence-electron chi connectivity index (χ3n) is 5.36. The Morgan fingerprint density at radius 1 is 0.900 bits per heavy atom. The van der Waals surface area contributed by atoms with E-state index in [0.717, 1.165) is 49.7 Å². The number of anilines is 1. The highest BCUT2D eigenvalue weighted by atomic mass is 16.5. The van der Waals surface area contributed by atoms with Gasteiger partial charge in [0.05, 0.1) is 33.4 Å². The van der Waals surface area contributed by atoms with E-state index in [1.165, 1.54) is 0 Å². The maximum absolute atomic E-state index is 12.3. The summed E-state index contributed by atoms with van der Waals surface area (Å²) in [4.78, 5) is 17.0. The van der Waals surface area contributed by atoms with Crippen LogP contribution in [0.1, 0.15) is 5.56 Å². The molecule has 0 spiro atoms. The Balaban J connectivity index is 1.40. The topological polar surface area (TPSA) is 63.3 Å². The molecule has 1 aliphatic rings. The first-order valence-corrected chi connectivity index (χ1v) is 10.2. The number of para-hydroxylation sites is 2. The van der Waals surface area contributed by atoms with E-state index in [4.69, 9.17) is 14.2 Å². The fraction of sp³-hybridized carbons (Fsp3) is 0.435. The van der Waals surface area contributed by atoms with Crippen LogP contribution in [0.3, 0.4) is 0 Å². The molecule has 1 fully saturated rings. The third-order valence-corrected chi connectivity index (χ3v) is 5.36. The maximum Gasteiger partial charge on any atom is 0.224 e. The van der Waals surface area contributed by atoms with Gasteiger partial charge >= 0.3 is 0 Å². The lowest BCUT2D eigenvalue weighted by Crippen LogP contribution is -2.48. The summed E-state index contributed by atoms with van der Waals surface area (Å²) in [5.41, 5.74) is 2.04. The minimum atomic E-state index is 0.00915. The van der Waals surface area contributed by atoms with Gasteiger partial charge in [-0.25, -0.2) is 0 Å². The first-order valence-electron chi connectivity index (χ1n) is 10.2. The van der Waals surface area contributed by atoms with Gasteiger partial charge < -0.3 is 24.4 Å². The van der Waals surface area contributed by atoms with E-state index in [-0.39, 0.29) is 5.91 Å². The SMILES string of the molecule is COc1ccc(CC(=O)NCCN2CCN(c3ccccc3OC)CC2)cc1OC. The van der Waals surface area contributed by atoms with Gasteiger partial charge in [0, 0.05) is 39.3 Å². The van der Waals surface area contributed by atoms with E-state index in [1.807, 2.05) is 36.4 Å². The molecule has 1 heterocycles. The molecule has 0 saturated carbocycles. The van der Waals surface area contributed by atoms with Crippen molar-refractivity contribution in [1.29, 1.82) is 0 Å². The van der Waals surface area contributed by atoms with Crippen molar-refractivity contribution in [2.45, 2.75) is 6.42 Å². The van der Waals surface area contributed by atoms with Gasteiger partial charge in [-0.2, -0.15) is 0 Å². The van der Waals surface area contributed by atoms with E-state index >= 15 is 0 Å². The molecule has 30 heavy (non-hydrogen) atoms. The molecule has 0 bridgehead atoms. The summed E-state index contributed by atoms with van der Waals surface area (Å²) in [6.07, 6.45) is 0.321. The Hall–Kier alpha value is -2.93. The van der Waals surface area contributed by atoms with E-state index in [9.17, 15) is 4.79 Å². The van der Waals surface area contributed by atoms with Gasteiger partial charge in [0.15, 0.2) is 11.5 Å². The van der Waals surface area contributed by atoms with Crippen molar-refractivity contribution < 1.29 is 19.0 Å². The molecule has 7 heteroatoms. The smallest absolute Gasteiger partial charge is 0.224 e. The zero-order chi connectivity index (χ0) is 21.3. The van der Waals surface area contributed by atoms with Crippen molar-refractivity contribution in [3.8, 4) is 17.2 Å². The molecule has 0 unspecified atom stereocenters. The molecular weight excluding hydrogens is 382 g/mol. The highest BCUT2D eigenvalue weighted by molar-refractivity contribution is 5.78. The second-order valence-corrected chi connectivity index (χ2v) is 7.22. The number of rotatable bonds is 9. The van der Waals surface area contributed by atoms with Crippen LogP contribution in [0.5, 0.6) is 17.2 Å². The van der Waals surface area contributed by atoms with Crippen molar-refractivity contribution in [2.75, 3.05) is 65.5 Å². The number of methoxy groups -OCH3 is 3. The number of carbonyl (C=O) groups excluding carboxylic acids is 1. The number of ether oxygens (including phenoxy) is 3. The molecule has 0 atom stereocenters. The Labute approximate surface area is 178 Å². The van der Waals surface area contributed by atoms with Gasteiger partial charge in [0.1, 0.15) is 5.75 Å². The van der Waals surface area contributed by atoms with Crippen molar-refractivity contribution in [3.05, 3.63) is 48.0 Å². The fourth-order valence-electron chi connectivity index (χ4n) is 3.70. The molecule has 7 nitrogen and oxygen atoms in total.